The Morgan fingerprint density at radius 2 is 2.00 bits per heavy atom. The van der Waals surface area contributed by atoms with Crippen LogP contribution in [0.5, 0.6) is 0 Å². The lowest BCUT2D eigenvalue weighted by Crippen LogP contribution is -2.34. The van der Waals surface area contributed by atoms with Gasteiger partial charge in [0.1, 0.15) is 0 Å². The van der Waals surface area contributed by atoms with Gasteiger partial charge in [-0.25, -0.2) is 0 Å². The summed E-state index contributed by atoms with van der Waals surface area (Å²) >= 11 is 1.61. The second-order valence-corrected chi connectivity index (χ2v) is 7.11. The van der Waals surface area contributed by atoms with Crippen LogP contribution in [0.15, 0.2) is 0 Å². The summed E-state index contributed by atoms with van der Waals surface area (Å²) < 4.78 is 4.24. The lowest BCUT2D eigenvalue weighted by molar-refractivity contribution is 0.178. The van der Waals surface area contributed by atoms with Crippen molar-refractivity contribution in [1.29, 1.82) is 0 Å². The highest BCUT2D eigenvalue weighted by molar-refractivity contribution is 7.05. The first kappa shape index (κ1) is 15.9. The third kappa shape index (κ3) is 3.40. The molecular weight excluding hydrogens is 266 g/mol. The lowest BCUT2D eigenvalue weighted by Gasteiger charge is -2.37. The Morgan fingerprint density at radius 1 is 1.25 bits per heavy atom. The fourth-order valence-corrected chi connectivity index (χ4v) is 4.62. The van der Waals surface area contributed by atoms with Crippen molar-refractivity contribution in [2.45, 2.75) is 71.8 Å². The van der Waals surface area contributed by atoms with E-state index in [-0.39, 0.29) is 0 Å². The van der Waals surface area contributed by atoms with Crippen LogP contribution in [0.2, 0.25) is 0 Å². The van der Waals surface area contributed by atoms with Crippen LogP contribution >= 0.6 is 11.5 Å². The summed E-state index contributed by atoms with van der Waals surface area (Å²) in [7, 11) is 0. The summed E-state index contributed by atoms with van der Waals surface area (Å²) in [4.78, 5) is 1.40. The van der Waals surface area contributed by atoms with Gasteiger partial charge >= 0.3 is 0 Å². The van der Waals surface area contributed by atoms with E-state index in [0.717, 1.165) is 18.4 Å². The van der Waals surface area contributed by atoms with Crippen molar-refractivity contribution in [3.05, 3.63) is 10.6 Å². The molecule has 1 aliphatic carbocycles. The van der Waals surface area contributed by atoms with Crippen LogP contribution in [0.25, 0.3) is 0 Å². The standard InChI is InChI=1S/C16H29N3S/c1-5-12-9-7-8-10-13(12)15(17-6-2)16-14(11(3)4)18-19-20-16/h11-13,15,17H,5-10H2,1-4H3. The van der Waals surface area contributed by atoms with Crippen LogP contribution in [0.1, 0.15) is 82.3 Å². The van der Waals surface area contributed by atoms with Gasteiger partial charge in [0.15, 0.2) is 0 Å². The largest absolute Gasteiger partial charge is 0.309 e. The molecule has 4 heteroatoms. The SMILES string of the molecule is CCNC(c1snnc1C(C)C)C1CCCCC1CC. The average molecular weight is 295 g/mol. The highest BCUT2D eigenvalue weighted by atomic mass is 32.1. The van der Waals surface area contributed by atoms with Crippen molar-refractivity contribution in [2.24, 2.45) is 11.8 Å². The number of aromatic nitrogens is 2. The Balaban J connectivity index is 2.27. The van der Waals surface area contributed by atoms with Crippen LogP contribution in [0.4, 0.5) is 0 Å². The van der Waals surface area contributed by atoms with Crippen molar-refractivity contribution >= 4 is 11.5 Å². The van der Waals surface area contributed by atoms with E-state index in [1.165, 1.54) is 42.7 Å². The van der Waals surface area contributed by atoms with E-state index in [1.54, 1.807) is 11.5 Å². The molecule has 0 spiro atoms. The van der Waals surface area contributed by atoms with Crippen LogP contribution in [-0.2, 0) is 0 Å². The van der Waals surface area contributed by atoms with Crippen molar-refractivity contribution in [3.63, 3.8) is 0 Å². The summed E-state index contributed by atoms with van der Waals surface area (Å²) in [5, 5.41) is 8.14. The van der Waals surface area contributed by atoms with Gasteiger partial charge in [-0.15, -0.1) is 5.10 Å². The Kier molecular flexibility index (Phi) is 5.97. The number of hydrogen-bond donors (Lipinski definition) is 1. The molecule has 2 rings (SSSR count). The first-order valence-electron chi connectivity index (χ1n) is 8.24. The van der Waals surface area contributed by atoms with Crippen molar-refractivity contribution in [3.8, 4) is 0 Å². The van der Waals surface area contributed by atoms with E-state index in [9.17, 15) is 0 Å². The summed E-state index contributed by atoms with van der Waals surface area (Å²) in [6.45, 7) is 10.0. The van der Waals surface area contributed by atoms with Crippen molar-refractivity contribution < 1.29 is 0 Å². The molecule has 20 heavy (non-hydrogen) atoms. The molecule has 0 aromatic carbocycles. The third-order valence-electron chi connectivity index (χ3n) is 4.71. The molecule has 3 atom stereocenters. The molecular formula is C16H29N3S. The van der Waals surface area contributed by atoms with Gasteiger partial charge in [-0.05, 0) is 42.3 Å². The molecule has 1 saturated carbocycles. The summed E-state index contributed by atoms with van der Waals surface area (Å²) in [5.74, 6) is 2.08. The molecule has 1 N–H and O–H groups in total. The van der Waals surface area contributed by atoms with Crippen LogP contribution < -0.4 is 5.32 Å². The highest BCUT2D eigenvalue weighted by Crippen LogP contribution is 2.42. The van der Waals surface area contributed by atoms with Crippen molar-refractivity contribution in [2.75, 3.05) is 6.54 Å². The van der Waals surface area contributed by atoms with Gasteiger partial charge in [0.05, 0.1) is 10.6 Å². The number of nitrogens with zero attached hydrogens (tertiary/aromatic N) is 2. The molecule has 1 aromatic rings. The van der Waals surface area contributed by atoms with E-state index in [1.807, 2.05) is 0 Å². The first-order valence-corrected chi connectivity index (χ1v) is 9.01. The van der Waals surface area contributed by atoms with Gasteiger partial charge in [0, 0.05) is 6.04 Å². The maximum Gasteiger partial charge on any atom is 0.0829 e. The molecule has 3 nitrogen and oxygen atoms in total. The van der Waals surface area contributed by atoms with Crippen LogP contribution in [0.3, 0.4) is 0 Å². The van der Waals surface area contributed by atoms with E-state index in [0.29, 0.717) is 12.0 Å². The monoisotopic (exact) mass is 295 g/mol. The zero-order valence-corrected chi connectivity index (χ0v) is 14.2. The van der Waals surface area contributed by atoms with Crippen LogP contribution in [0, 0.1) is 11.8 Å². The molecule has 0 aliphatic heterocycles. The minimum atomic E-state index is 0.461. The normalized spacial score (nSPS) is 25.1. The van der Waals surface area contributed by atoms with Gasteiger partial charge in [-0.1, -0.05) is 57.9 Å². The Bertz CT molecular complexity index is 402. The van der Waals surface area contributed by atoms with E-state index in [2.05, 4.69) is 42.6 Å². The van der Waals surface area contributed by atoms with E-state index >= 15 is 0 Å². The fraction of sp³-hybridized carbons (Fsp3) is 0.875. The second-order valence-electron chi connectivity index (χ2n) is 6.33. The first-order chi connectivity index (χ1) is 9.69. The van der Waals surface area contributed by atoms with E-state index in [4.69, 9.17) is 0 Å². The summed E-state index contributed by atoms with van der Waals surface area (Å²) in [5.41, 5.74) is 1.21. The van der Waals surface area contributed by atoms with Crippen LogP contribution in [-0.4, -0.2) is 16.1 Å². The second kappa shape index (κ2) is 7.51. The lowest BCUT2D eigenvalue weighted by atomic mass is 9.73. The maximum absolute atomic E-state index is 4.39. The molecule has 3 unspecified atom stereocenters. The summed E-state index contributed by atoms with van der Waals surface area (Å²) in [6.07, 6.45) is 6.84. The molecule has 0 amide bonds. The molecule has 1 heterocycles. The van der Waals surface area contributed by atoms with Crippen molar-refractivity contribution in [1.82, 2.24) is 14.9 Å². The van der Waals surface area contributed by atoms with E-state index < -0.39 is 0 Å². The maximum atomic E-state index is 4.39. The average Bonchev–Trinajstić information content (AvgIpc) is 2.94. The smallest absolute Gasteiger partial charge is 0.0829 e. The van der Waals surface area contributed by atoms with Gasteiger partial charge in [-0.2, -0.15) is 0 Å². The number of rotatable bonds is 6. The molecule has 1 aromatic heterocycles. The van der Waals surface area contributed by atoms with Gasteiger partial charge < -0.3 is 5.32 Å². The molecule has 0 bridgehead atoms. The predicted molar refractivity (Wildman–Crippen MR) is 86.2 cm³/mol. The highest BCUT2D eigenvalue weighted by Gasteiger charge is 2.34. The van der Waals surface area contributed by atoms with Gasteiger partial charge in [0.2, 0.25) is 0 Å². The topological polar surface area (TPSA) is 37.8 Å². The Morgan fingerprint density at radius 3 is 2.65 bits per heavy atom. The minimum absolute atomic E-state index is 0.461. The summed E-state index contributed by atoms with van der Waals surface area (Å²) in [6, 6.07) is 0.461. The molecule has 0 radical (unpaired) electrons. The molecule has 1 aliphatic rings. The third-order valence-corrected chi connectivity index (χ3v) is 5.54. The predicted octanol–water partition coefficient (Wildman–Crippen LogP) is 4.53. The molecule has 1 fully saturated rings. The van der Waals surface area contributed by atoms with Gasteiger partial charge in [0.25, 0.3) is 0 Å². The molecule has 0 saturated heterocycles. The Hall–Kier alpha value is -0.480. The molecule has 114 valence electrons. The number of nitrogens with one attached hydrogen (secondary N) is 1. The van der Waals surface area contributed by atoms with Gasteiger partial charge in [-0.3, -0.25) is 0 Å². The minimum Gasteiger partial charge on any atom is -0.309 e. The quantitative estimate of drug-likeness (QED) is 0.838. The number of hydrogen-bond acceptors (Lipinski definition) is 4. The Labute approximate surface area is 127 Å². The fourth-order valence-electron chi connectivity index (χ4n) is 3.66. The zero-order valence-electron chi connectivity index (χ0n) is 13.4. The zero-order chi connectivity index (χ0) is 14.5.